The van der Waals surface area contributed by atoms with Gasteiger partial charge in [0.2, 0.25) is 0 Å². The van der Waals surface area contributed by atoms with Crippen molar-refractivity contribution in [1.29, 1.82) is 0 Å². The van der Waals surface area contributed by atoms with E-state index in [0.29, 0.717) is 23.2 Å². The first kappa shape index (κ1) is 10.5. The van der Waals surface area contributed by atoms with Gasteiger partial charge in [-0.3, -0.25) is 4.79 Å². The molecule has 0 radical (unpaired) electrons. The number of nitrogens with one attached hydrogen (secondary N) is 1. The number of anilines is 1. The molecule has 2 rings (SSSR count). The molecule has 1 heterocycles. The van der Waals surface area contributed by atoms with E-state index >= 15 is 0 Å². The Morgan fingerprint density at radius 3 is 2.93 bits per heavy atom. The molecule has 1 fully saturated rings. The second-order valence-corrected chi connectivity index (χ2v) is 4.31. The third-order valence-electron chi connectivity index (χ3n) is 2.90. The number of rotatable bonds is 3. The molecule has 0 spiro atoms. The standard InChI is InChI=1S/C10H14ClN3O/c1-12-9-8(11)5-13-14(10(9)15)6-7-3-2-4-7/h5,7,12H,2-4,6H2,1H3. The van der Waals surface area contributed by atoms with E-state index in [1.165, 1.54) is 30.1 Å². The molecule has 1 aliphatic rings. The third-order valence-corrected chi connectivity index (χ3v) is 3.19. The maximum atomic E-state index is 11.8. The van der Waals surface area contributed by atoms with Crippen LogP contribution in [0.2, 0.25) is 5.02 Å². The molecule has 0 bridgehead atoms. The fourth-order valence-corrected chi connectivity index (χ4v) is 1.96. The zero-order valence-corrected chi connectivity index (χ0v) is 9.42. The summed E-state index contributed by atoms with van der Waals surface area (Å²) in [6.07, 6.45) is 5.19. The second-order valence-electron chi connectivity index (χ2n) is 3.90. The summed E-state index contributed by atoms with van der Waals surface area (Å²) in [6.45, 7) is 0.713. The molecular weight excluding hydrogens is 214 g/mol. The van der Waals surface area contributed by atoms with Gasteiger partial charge in [0, 0.05) is 13.6 Å². The number of hydrogen-bond acceptors (Lipinski definition) is 3. The highest BCUT2D eigenvalue weighted by molar-refractivity contribution is 6.32. The topological polar surface area (TPSA) is 46.9 Å². The highest BCUT2D eigenvalue weighted by atomic mass is 35.5. The van der Waals surface area contributed by atoms with Crippen LogP contribution in [-0.2, 0) is 6.54 Å². The zero-order chi connectivity index (χ0) is 10.8. The van der Waals surface area contributed by atoms with Crippen molar-refractivity contribution >= 4 is 17.3 Å². The smallest absolute Gasteiger partial charge is 0.291 e. The van der Waals surface area contributed by atoms with Crippen molar-refractivity contribution in [1.82, 2.24) is 9.78 Å². The first-order valence-electron chi connectivity index (χ1n) is 5.15. The molecule has 0 unspecified atom stereocenters. The molecule has 4 nitrogen and oxygen atoms in total. The van der Waals surface area contributed by atoms with Crippen LogP contribution in [0.4, 0.5) is 5.69 Å². The fraction of sp³-hybridized carbons (Fsp3) is 0.600. The van der Waals surface area contributed by atoms with Crippen LogP contribution < -0.4 is 10.9 Å². The Morgan fingerprint density at radius 2 is 2.40 bits per heavy atom. The maximum Gasteiger partial charge on any atom is 0.291 e. The van der Waals surface area contributed by atoms with Crippen LogP contribution in [0.3, 0.4) is 0 Å². The lowest BCUT2D eigenvalue weighted by atomic mass is 9.85. The maximum absolute atomic E-state index is 11.8. The summed E-state index contributed by atoms with van der Waals surface area (Å²) in [5.41, 5.74) is 0.308. The lowest BCUT2D eigenvalue weighted by Gasteiger charge is -2.25. The van der Waals surface area contributed by atoms with Crippen LogP contribution in [0.1, 0.15) is 19.3 Å². The van der Waals surface area contributed by atoms with Crippen molar-refractivity contribution in [2.45, 2.75) is 25.8 Å². The minimum Gasteiger partial charge on any atom is -0.382 e. The summed E-state index contributed by atoms with van der Waals surface area (Å²) in [7, 11) is 1.69. The van der Waals surface area contributed by atoms with E-state index in [9.17, 15) is 4.79 Å². The molecule has 0 saturated heterocycles. The predicted octanol–water partition coefficient (Wildman–Crippen LogP) is 1.74. The third kappa shape index (κ3) is 2.00. The summed E-state index contributed by atoms with van der Waals surface area (Å²) in [4.78, 5) is 11.8. The molecule has 5 heteroatoms. The van der Waals surface area contributed by atoms with Gasteiger partial charge in [0.1, 0.15) is 5.69 Å². The Hall–Kier alpha value is -1.03. The molecule has 0 aromatic carbocycles. The van der Waals surface area contributed by atoms with Gasteiger partial charge in [0.05, 0.1) is 11.2 Å². The number of aromatic nitrogens is 2. The van der Waals surface area contributed by atoms with Crippen LogP contribution in [0.15, 0.2) is 11.0 Å². The van der Waals surface area contributed by atoms with Gasteiger partial charge >= 0.3 is 0 Å². The van der Waals surface area contributed by atoms with Gasteiger partial charge in [-0.05, 0) is 18.8 Å². The monoisotopic (exact) mass is 227 g/mol. The zero-order valence-electron chi connectivity index (χ0n) is 8.66. The highest BCUT2D eigenvalue weighted by Crippen LogP contribution is 2.27. The molecular formula is C10H14ClN3O. The SMILES string of the molecule is CNc1c(Cl)cnn(CC2CCC2)c1=O. The quantitative estimate of drug-likeness (QED) is 0.856. The molecule has 15 heavy (non-hydrogen) atoms. The van der Waals surface area contributed by atoms with E-state index in [-0.39, 0.29) is 5.56 Å². The molecule has 0 atom stereocenters. The Morgan fingerprint density at radius 1 is 1.67 bits per heavy atom. The molecule has 1 aliphatic carbocycles. The van der Waals surface area contributed by atoms with Crippen molar-refractivity contribution in [3.05, 3.63) is 21.6 Å². The molecule has 1 saturated carbocycles. The van der Waals surface area contributed by atoms with Crippen LogP contribution >= 0.6 is 11.6 Å². The van der Waals surface area contributed by atoms with Crippen LogP contribution in [0.5, 0.6) is 0 Å². The van der Waals surface area contributed by atoms with Gasteiger partial charge in [-0.1, -0.05) is 18.0 Å². The van der Waals surface area contributed by atoms with E-state index < -0.39 is 0 Å². The average molecular weight is 228 g/mol. The first-order valence-corrected chi connectivity index (χ1v) is 5.53. The van der Waals surface area contributed by atoms with E-state index in [4.69, 9.17) is 11.6 Å². The molecule has 1 N–H and O–H groups in total. The van der Waals surface area contributed by atoms with Crippen molar-refractivity contribution in [2.24, 2.45) is 5.92 Å². The summed E-state index contributed by atoms with van der Waals surface area (Å²) in [5.74, 6) is 0.612. The lowest BCUT2D eigenvalue weighted by molar-refractivity contribution is 0.262. The Balaban J connectivity index is 2.27. The summed E-state index contributed by atoms with van der Waals surface area (Å²) < 4.78 is 1.50. The van der Waals surface area contributed by atoms with Crippen LogP contribution in [0, 0.1) is 5.92 Å². The van der Waals surface area contributed by atoms with Crippen molar-refractivity contribution in [3.8, 4) is 0 Å². The Kier molecular flexibility index (Phi) is 2.95. The highest BCUT2D eigenvalue weighted by Gasteiger charge is 2.19. The van der Waals surface area contributed by atoms with Crippen LogP contribution in [-0.4, -0.2) is 16.8 Å². The van der Waals surface area contributed by atoms with Crippen molar-refractivity contribution in [3.63, 3.8) is 0 Å². The number of hydrogen-bond donors (Lipinski definition) is 1. The molecule has 0 aliphatic heterocycles. The van der Waals surface area contributed by atoms with E-state index in [2.05, 4.69) is 10.4 Å². The minimum absolute atomic E-state index is 0.128. The first-order chi connectivity index (χ1) is 7.22. The minimum atomic E-state index is -0.128. The normalized spacial score (nSPS) is 16.1. The van der Waals surface area contributed by atoms with Gasteiger partial charge in [0.15, 0.2) is 0 Å². The largest absolute Gasteiger partial charge is 0.382 e. The van der Waals surface area contributed by atoms with E-state index in [0.717, 1.165) is 0 Å². The summed E-state index contributed by atoms with van der Waals surface area (Å²) >= 11 is 5.85. The molecule has 82 valence electrons. The lowest BCUT2D eigenvalue weighted by Crippen LogP contribution is -2.30. The summed E-state index contributed by atoms with van der Waals surface area (Å²) in [6, 6.07) is 0. The van der Waals surface area contributed by atoms with Crippen LogP contribution in [0.25, 0.3) is 0 Å². The Labute approximate surface area is 93.2 Å². The van der Waals surface area contributed by atoms with E-state index in [1.54, 1.807) is 7.05 Å². The van der Waals surface area contributed by atoms with Gasteiger partial charge in [-0.2, -0.15) is 5.10 Å². The van der Waals surface area contributed by atoms with E-state index in [1.807, 2.05) is 0 Å². The average Bonchev–Trinajstić information content (AvgIpc) is 2.15. The molecule has 1 aromatic rings. The predicted molar refractivity (Wildman–Crippen MR) is 60.4 cm³/mol. The van der Waals surface area contributed by atoms with Gasteiger partial charge in [0.25, 0.3) is 5.56 Å². The van der Waals surface area contributed by atoms with Crippen molar-refractivity contribution < 1.29 is 0 Å². The molecule has 0 amide bonds. The second kappa shape index (κ2) is 4.23. The van der Waals surface area contributed by atoms with Gasteiger partial charge in [-0.25, -0.2) is 4.68 Å². The van der Waals surface area contributed by atoms with Gasteiger partial charge in [-0.15, -0.1) is 0 Å². The Bertz CT molecular complexity index is 412. The fourth-order valence-electron chi connectivity index (χ4n) is 1.74. The molecule has 1 aromatic heterocycles. The number of halogens is 1. The summed E-state index contributed by atoms with van der Waals surface area (Å²) in [5, 5.41) is 7.23. The number of nitrogens with zero attached hydrogens (tertiary/aromatic N) is 2. The van der Waals surface area contributed by atoms with Gasteiger partial charge < -0.3 is 5.32 Å². The van der Waals surface area contributed by atoms with Crippen molar-refractivity contribution in [2.75, 3.05) is 12.4 Å².